The fourth-order valence-corrected chi connectivity index (χ4v) is 8.23. The van der Waals surface area contributed by atoms with Gasteiger partial charge >= 0.3 is 11.9 Å². The molecule has 0 saturated heterocycles. The van der Waals surface area contributed by atoms with Crippen LogP contribution >= 0.6 is 23.5 Å². The third-order valence-electron chi connectivity index (χ3n) is 6.48. The summed E-state index contributed by atoms with van der Waals surface area (Å²) in [4.78, 5) is 24.2. The van der Waals surface area contributed by atoms with E-state index in [0.717, 1.165) is 0 Å². The number of carboxylic acid groups (broad SMARTS) is 2. The molecule has 0 aliphatic heterocycles. The van der Waals surface area contributed by atoms with Crippen LogP contribution < -0.4 is 0 Å². The normalized spacial score (nSPS) is 53.2. The van der Waals surface area contributed by atoms with Crippen molar-refractivity contribution in [3.8, 4) is 0 Å². The Kier molecular flexibility index (Phi) is 2.91. The van der Waals surface area contributed by atoms with Crippen molar-refractivity contribution < 1.29 is 19.8 Å². The van der Waals surface area contributed by atoms with Crippen LogP contribution in [-0.4, -0.2) is 44.2 Å². The van der Waals surface area contributed by atoms with Crippen molar-refractivity contribution in [1.82, 2.24) is 0 Å². The summed E-state index contributed by atoms with van der Waals surface area (Å²) in [7, 11) is 0. The molecule has 4 aliphatic carbocycles. The van der Waals surface area contributed by atoms with E-state index >= 15 is 0 Å². The number of carboxylic acids is 2. The molecule has 2 N–H and O–H groups in total. The van der Waals surface area contributed by atoms with Crippen LogP contribution in [0.1, 0.15) is 0 Å². The Morgan fingerprint density at radius 2 is 1.05 bits per heavy atom. The summed E-state index contributed by atoms with van der Waals surface area (Å²) in [6, 6.07) is 0. The predicted octanol–water partition coefficient (Wildman–Crippen LogP) is 2.22. The zero-order chi connectivity index (χ0) is 15.9. The van der Waals surface area contributed by atoms with E-state index in [1.54, 1.807) is 0 Å². The van der Waals surface area contributed by atoms with Crippen molar-refractivity contribution in [2.24, 2.45) is 35.5 Å². The molecule has 6 heteroatoms. The molecule has 0 radical (unpaired) electrons. The van der Waals surface area contributed by atoms with E-state index in [4.69, 9.17) is 0 Å². The summed E-state index contributed by atoms with van der Waals surface area (Å²) in [5.41, 5.74) is 0. The average molecular weight is 338 g/mol. The number of aliphatic carboxylic acids is 2. The van der Waals surface area contributed by atoms with Gasteiger partial charge in [-0.05, 0) is 24.3 Å². The highest BCUT2D eigenvalue weighted by molar-refractivity contribution is 8.01. The molecular weight excluding hydrogens is 320 g/mol. The van der Waals surface area contributed by atoms with E-state index in [1.165, 1.54) is 23.5 Å². The second-order valence-corrected chi connectivity index (χ2v) is 8.80. The predicted molar refractivity (Wildman–Crippen MR) is 87.0 cm³/mol. The molecule has 0 aromatic rings. The molecular formula is C16H18O4S2. The van der Waals surface area contributed by atoms with Gasteiger partial charge in [0.1, 0.15) is 9.49 Å². The molecule has 0 heterocycles. The van der Waals surface area contributed by atoms with Gasteiger partial charge in [-0.1, -0.05) is 24.3 Å². The van der Waals surface area contributed by atoms with Gasteiger partial charge in [-0.25, -0.2) is 0 Å². The Morgan fingerprint density at radius 3 is 1.23 bits per heavy atom. The van der Waals surface area contributed by atoms with Gasteiger partial charge in [-0.15, -0.1) is 23.5 Å². The van der Waals surface area contributed by atoms with Crippen molar-refractivity contribution in [2.75, 3.05) is 12.5 Å². The standard InChI is InChI=1S/C16H18O4S2/c1-21-15(13(17)18)7-3-5-9-11(7)12-8(15)4-6-10(12)16(9,22-2)14(19)20/h3-12H,1-2H3,(H,17,18)(H,19,20)/t7-,8-,9-,10+,11?,12?,15?,16?/m1/s1. The molecule has 0 spiro atoms. The lowest BCUT2D eigenvalue weighted by Gasteiger charge is -2.36. The van der Waals surface area contributed by atoms with E-state index in [-0.39, 0.29) is 35.5 Å². The van der Waals surface area contributed by atoms with E-state index in [2.05, 4.69) is 0 Å². The zero-order valence-electron chi connectivity index (χ0n) is 12.3. The molecule has 0 bridgehead atoms. The maximum atomic E-state index is 12.1. The van der Waals surface area contributed by atoms with E-state index in [9.17, 15) is 19.8 Å². The molecule has 4 rings (SSSR count). The van der Waals surface area contributed by atoms with Crippen molar-refractivity contribution >= 4 is 35.5 Å². The first-order valence-corrected chi connectivity index (χ1v) is 9.85. The summed E-state index contributed by atoms with van der Waals surface area (Å²) >= 11 is 2.85. The second kappa shape index (κ2) is 4.35. The SMILES string of the molecule is CSC1(C(=O)O)[C@@H]2C=C[C@@H]3C2C2[C@H]1C=C[C@@H]2C3(SC)C(=O)O. The molecule has 118 valence electrons. The number of thioether (sulfide) groups is 2. The summed E-state index contributed by atoms with van der Waals surface area (Å²) in [5.74, 6) is -1.52. The van der Waals surface area contributed by atoms with Crippen molar-refractivity contribution in [3.05, 3.63) is 24.3 Å². The first kappa shape index (κ1) is 14.7. The minimum atomic E-state index is -0.838. The Balaban J connectivity index is 1.91. The van der Waals surface area contributed by atoms with Gasteiger partial charge in [0.25, 0.3) is 0 Å². The molecule has 0 aromatic heterocycles. The maximum Gasteiger partial charge on any atom is 0.321 e. The van der Waals surface area contributed by atoms with Gasteiger partial charge in [0.2, 0.25) is 0 Å². The first-order chi connectivity index (χ1) is 10.5. The zero-order valence-corrected chi connectivity index (χ0v) is 13.9. The topological polar surface area (TPSA) is 74.6 Å². The molecule has 0 amide bonds. The van der Waals surface area contributed by atoms with E-state index in [0.29, 0.717) is 0 Å². The molecule has 4 unspecified atom stereocenters. The van der Waals surface area contributed by atoms with Crippen LogP contribution in [-0.2, 0) is 9.59 Å². The van der Waals surface area contributed by atoms with Crippen LogP contribution in [0, 0.1) is 35.5 Å². The minimum Gasteiger partial charge on any atom is -0.480 e. The van der Waals surface area contributed by atoms with Gasteiger partial charge in [0, 0.05) is 23.7 Å². The highest BCUT2D eigenvalue weighted by atomic mass is 32.2. The van der Waals surface area contributed by atoms with E-state index < -0.39 is 21.4 Å². The van der Waals surface area contributed by atoms with Gasteiger partial charge in [0.15, 0.2) is 0 Å². The van der Waals surface area contributed by atoms with Crippen molar-refractivity contribution in [1.29, 1.82) is 0 Å². The van der Waals surface area contributed by atoms with Gasteiger partial charge in [0.05, 0.1) is 0 Å². The highest BCUT2D eigenvalue weighted by Crippen LogP contribution is 2.74. The number of allylic oxidation sites excluding steroid dienone is 4. The lowest BCUT2D eigenvalue weighted by molar-refractivity contribution is -0.141. The largest absolute Gasteiger partial charge is 0.480 e. The van der Waals surface area contributed by atoms with Crippen LogP contribution in [0.4, 0.5) is 0 Å². The number of carbonyl (C=O) groups is 2. The van der Waals surface area contributed by atoms with Crippen LogP contribution in [0.2, 0.25) is 0 Å². The third kappa shape index (κ3) is 1.24. The van der Waals surface area contributed by atoms with E-state index in [1.807, 2.05) is 36.8 Å². The Labute approximate surface area is 137 Å². The van der Waals surface area contributed by atoms with Crippen LogP contribution in [0.15, 0.2) is 24.3 Å². The summed E-state index contributed by atoms with van der Waals surface area (Å²) in [6.45, 7) is 0. The Morgan fingerprint density at radius 1 is 0.773 bits per heavy atom. The molecule has 22 heavy (non-hydrogen) atoms. The Bertz CT molecular complexity index is 544. The summed E-state index contributed by atoms with van der Waals surface area (Å²) in [6.07, 6.45) is 11.7. The third-order valence-corrected chi connectivity index (χ3v) is 9.27. The van der Waals surface area contributed by atoms with Gasteiger partial charge in [-0.2, -0.15) is 0 Å². The van der Waals surface area contributed by atoms with Crippen LogP contribution in [0.3, 0.4) is 0 Å². The molecule has 8 atom stereocenters. The Hall–Kier alpha value is -0.880. The second-order valence-electron chi connectivity index (χ2n) is 6.63. The average Bonchev–Trinajstić information content (AvgIpc) is 3.15. The fraction of sp³-hybridized carbons (Fsp3) is 0.625. The molecule has 2 saturated carbocycles. The molecule has 4 aliphatic rings. The highest BCUT2D eigenvalue weighted by Gasteiger charge is 2.77. The smallest absolute Gasteiger partial charge is 0.321 e. The number of hydrogen-bond donors (Lipinski definition) is 2. The van der Waals surface area contributed by atoms with Crippen molar-refractivity contribution in [3.63, 3.8) is 0 Å². The molecule has 4 nitrogen and oxygen atoms in total. The lowest BCUT2D eigenvalue weighted by atomic mass is 9.82. The van der Waals surface area contributed by atoms with Crippen molar-refractivity contribution in [2.45, 2.75) is 9.49 Å². The molecule has 0 aromatic carbocycles. The minimum absolute atomic E-state index is 0.0687. The monoisotopic (exact) mass is 338 g/mol. The quantitative estimate of drug-likeness (QED) is 0.766. The number of rotatable bonds is 4. The summed E-state index contributed by atoms with van der Waals surface area (Å²) in [5, 5.41) is 19.9. The maximum absolute atomic E-state index is 12.1. The van der Waals surface area contributed by atoms with Gasteiger partial charge in [-0.3, -0.25) is 9.59 Å². The fourth-order valence-electron chi connectivity index (χ4n) is 5.85. The summed E-state index contributed by atoms with van der Waals surface area (Å²) < 4.78 is -1.68. The molecule has 2 fully saturated rings. The van der Waals surface area contributed by atoms with Gasteiger partial charge < -0.3 is 10.2 Å². The first-order valence-electron chi connectivity index (χ1n) is 7.40. The van der Waals surface area contributed by atoms with Crippen LogP contribution in [0.5, 0.6) is 0 Å². The lowest BCUT2D eigenvalue weighted by Crippen LogP contribution is -2.48. The number of hydrogen-bond acceptors (Lipinski definition) is 4. The van der Waals surface area contributed by atoms with Crippen LogP contribution in [0.25, 0.3) is 0 Å².